The van der Waals surface area contributed by atoms with Crippen LogP contribution < -0.4 is 0 Å². The van der Waals surface area contributed by atoms with E-state index in [-0.39, 0.29) is 16.6 Å². The molecule has 1 aliphatic carbocycles. The summed E-state index contributed by atoms with van der Waals surface area (Å²) in [4.78, 5) is 16.8. The second-order valence-electron chi connectivity index (χ2n) is 7.70. The number of nitrogens with zero attached hydrogens (tertiary/aromatic N) is 2. The summed E-state index contributed by atoms with van der Waals surface area (Å²) < 4.78 is 15.7. The molecule has 3 aromatic rings. The van der Waals surface area contributed by atoms with Crippen molar-refractivity contribution in [1.82, 2.24) is 9.55 Å². The molecular weight excluding hydrogens is 426 g/mol. The highest BCUT2D eigenvalue weighted by Crippen LogP contribution is 2.39. The molecule has 0 spiro atoms. The standard InChI is InChI=1S/C23H21Cl2FN2O2/c1-13-7-9-16(24)12-19(13)28-21(15-8-10-18(26)17(25)11-15)20(23(29)30)27-22(28)14-5-3-2-4-6-14/h7-12,14H,2-6H2,1H3,(H,29,30). The number of hydrogen-bond acceptors (Lipinski definition) is 2. The predicted molar refractivity (Wildman–Crippen MR) is 117 cm³/mol. The summed E-state index contributed by atoms with van der Waals surface area (Å²) in [5, 5.41) is 10.4. The molecule has 156 valence electrons. The summed E-state index contributed by atoms with van der Waals surface area (Å²) in [5.74, 6) is -0.858. The number of halogens is 3. The zero-order valence-electron chi connectivity index (χ0n) is 16.5. The van der Waals surface area contributed by atoms with Crippen LogP contribution in [0.25, 0.3) is 16.9 Å². The van der Waals surface area contributed by atoms with E-state index in [1.54, 1.807) is 6.07 Å². The predicted octanol–water partition coefficient (Wildman–Crippen LogP) is 7.04. The lowest BCUT2D eigenvalue weighted by molar-refractivity contribution is 0.0691. The molecule has 2 aromatic carbocycles. The molecule has 0 atom stereocenters. The van der Waals surface area contributed by atoms with E-state index >= 15 is 0 Å². The highest BCUT2D eigenvalue weighted by molar-refractivity contribution is 6.31. The minimum absolute atomic E-state index is 0.0707. The van der Waals surface area contributed by atoms with E-state index in [9.17, 15) is 14.3 Å². The Balaban J connectivity index is 2.06. The van der Waals surface area contributed by atoms with Gasteiger partial charge in [0.25, 0.3) is 0 Å². The van der Waals surface area contributed by atoms with Crippen molar-refractivity contribution >= 4 is 29.2 Å². The molecule has 1 saturated carbocycles. The summed E-state index contributed by atoms with van der Waals surface area (Å²) in [5.41, 5.74) is 2.50. The zero-order chi connectivity index (χ0) is 21.4. The summed E-state index contributed by atoms with van der Waals surface area (Å²) in [6.07, 6.45) is 5.20. The van der Waals surface area contributed by atoms with E-state index < -0.39 is 11.8 Å². The van der Waals surface area contributed by atoms with Gasteiger partial charge in [0.2, 0.25) is 0 Å². The third-order valence-corrected chi connectivity index (χ3v) is 6.21. The minimum Gasteiger partial charge on any atom is -0.476 e. The maximum absolute atomic E-state index is 13.8. The number of benzene rings is 2. The fourth-order valence-corrected chi connectivity index (χ4v) is 4.55. The van der Waals surface area contributed by atoms with Crippen molar-refractivity contribution in [3.8, 4) is 16.9 Å². The van der Waals surface area contributed by atoms with Gasteiger partial charge in [-0.2, -0.15) is 0 Å². The van der Waals surface area contributed by atoms with Gasteiger partial charge in [-0.1, -0.05) is 48.5 Å². The van der Waals surface area contributed by atoms with Gasteiger partial charge in [0.15, 0.2) is 5.69 Å². The van der Waals surface area contributed by atoms with Crippen LogP contribution in [0.2, 0.25) is 10.0 Å². The Morgan fingerprint density at radius 1 is 1.13 bits per heavy atom. The van der Waals surface area contributed by atoms with E-state index in [1.807, 2.05) is 23.6 Å². The van der Waals surface area contributed by atoms with Gasteiger partial charge in [-0.25, -0.2) is 14.2 Å². The van der Waals surface area contributed by atoms with E-state index in [0.717, 1.165) is 36.9 Å². The Labute approximate surface area is 184 Å². The van der Waals surface area contributed by atoms with Crippen molar-refractivity contribution in [3.05, 3.63) is 69.3 Å². The van der Waals surface area contributed by atoms with Crippen LogP contribution in [0.1, 0.15) is 59.9 Å². The number of imidazole rings is 1. The number of carboxylic acid groups (broad SMARTS) is 1. The van der Waals surface area contributed by atoms with Gasteiger partial charge < -0.3 is 5.11 Å². The second kappa shape index (κ2) is 8.40. The molecule has 0 aliphatic heterocycles. The van der Waals surface area contributed by atoms with Crippen molar-refractivity contribution in [1.29, 1.82) is 0 Å². The third kappa shape index (κ3) is 3.84. The van der Waals surface area contributed by atoms with Crippen molar-refractivity contribution in [3.63, 3.8) is 0 Å². The van der Waals surface area contributed by atoms with Gasteiger partial charge in [0.05, 0.1) is 16.4 Å². The van der Waals surface area contributed by atoms with Gasteiger partial charge >= 0.3 is 5.97 Å². The van der Waals surface area contributed by atoms with Crippen LogP contribution in [-0.2, 0) is 0 Å². The van der Waals surface area contributed by atoms with Gasteiger partial charge in [-0.3, -0.25) is 4.57 Å². The first-order valence-electron chi connectivity index (χ1n) is 9.94. The lowest BCUT2D eigenvalue weighted by Crippen LogP contribution is -2.12. The molecule has 0 unspecified atom stereocenters. The molecule has 4 nitrogen and oxygen atoms in total. The number of aromatic carboxylic acids is 1. The van der Waals surface area contributed by atoms with Crippen LogP contribution in [-0.4, -0.2) is 20.6 Å². The number of aryl methyl sites for hydroxylation is 1. The Bertz CT molecular complexity index is 1120. The Kier molecular flexibility index (Phi) is 5.85. The molecule has 0 bridgehead atoms. The van der Waals surface area contributed by atoms with E-state index in [1.165, 1.54) is 24.6 Å². The smallest absolute Gasteiger partial charge is 0.356 e. The van der Waals surface area contributed by atoms with Crippen LogP contribution in [0, 0.1) is 12.7 Å². The number of aromatic nitrogens is 2. The lowest BCUT2D eigenvalue weighted by atomic mass is 9.88. The Hall–Kier alpha value is -2.37. The van der Waals surface area contributed by atoms with Crippen LogP contribution in [0.4, 0.5) is 4.39 Å². The van der Waals surface area contributed by atoms with Gasteiger partial charge in [0, 0.05) is 16.5 Å². The highest BCUT2D eigenvalue weighted by atomic mass is 35.5. The molecule has 1 fully saturated rings. The van der Waals surface area contributed by atoms with Gasteiger partial charge in [-0.15, -0.1) is 0 Å². The van der Waals surface area contributed by atoms with E-state index in [2.05, 4.69) is 4.98 Å². The molecule has 0 radical (unpaired) electrons. The molecule has 1 N–H and O–H groups in total. The van der Waals surface area contributed by atoms with Crippen LogP contribution in [0.15, 0.2) is 36.4 Å². The number of carboxylic acids is 1. The number of hydrogen-bond donors (Lipinski definition) is 1. The Morgan fingerprint density at radius 2 is 1.87 bits per heavy atom. The molecule has 1 aromatic heterocycles. The average Bonchev–Trinajstić information content (AvgIpc) is 3.13. The Morgan fingerprint density at radius 3 is 2.53 bits per heavy atom. The maximum Gasteiger partial charge on any atom is 0.356 e. The van der Waals surface area contributed by atoms with Crippen LogP contribution in [0.3, 0.4) is 0 Å². The topological polar surface area (TPSA) is 55.1 Å². The molecule has 0 amide bonds. The molecule has 0 saturated heterocycles. The lowest BCUT2D eigenvalue weighted by Gasteiger charge is -2.24. The number of carbonyl (C=O) groups is 1. The fourth-order valence-electron chi connectivity index (χ4n) is 4.20. The normalized spacial score (nSPS) is 14.8. The molecule has 30 heavy (non-hydrogen) atoms. The second-order valence-corrected chi connectivity index (χ2v) is 8.55. The molecule has 1 heterocycles. The van der Waals surface area contributed by atoms with Crippen molar-refractivity contribution in [2.45, 2.75) is 44.9 Å². The zero-order valence-corrected chi connectivity index (χ0v) is 18.0. The fraction of sp³-hybridized carbons (Fsp3) is 0.304. The first kappa shape index (κ1) is 20.9. The molecule has 1 aliphatic rings. The molecule has 4 rings (SSSR count). The summed E-state index contributed by atoms with van der Waals surface area (Å²) in [7, 11) is 0. The third-order valence-electron chi connectivity index (χ3n) is 5.68. The SMILES string of the molecule is Cc1ccc(Cl)cc1-n1c(C2CCCCC2)nc(C(=O)O)c1-c1ccc(F)c(Cl)c1. The van der Waals surface area contributed by atoms with Crippen molar-refractivity contribution < 1.29 is 14.3 Å². The first-order chi connectivity index (χ1) is 14.4. The van der Waals surface area contributed by atoms with Crippen LogP contribution >= 0.6 is 23.2 Å². The van der Waals surface area contributed by atoms with E-state index in [4.69, 9.17) is 23.2 Å². The maximum atomic E-state index is 13.8. The van der Waals surface area contributed by atoms with Crippen molar-refractivity contribution in [2.24, 2.45) is 0 Å². The largest absolute Gasteiger partial charge is 0.476 e. The quantitative estimate of drug-likeness (QED) is 0.467. The molecule has 7 heteroatoms. The van der Waals surface area contributed by atoms with Crippen molar-refractivity contribution in [2.75, 3.05) is 0 Å². The van der Waals surface area contributed by atoms with Crippen LogP contribution in [0.5, 0.6) is 0 Å². The highest BCUT2D eigenvalue weighted by Gasteiger charge is 2.30. The van der Waals surface area contributed by atoms with E-state index in [0.29, 0.717) is 22.1 Å². The minimum atomic E-state index is -1.14. The summed E-state index contributed by atoms with van der Waals surface area (Å²) in [6.45, 7) is 1.94. The van der Waals surface area contributed by atoms with Gasteiger partial charge in [-0.05, 0) is 55.7 Å². The summed E-state index contributed by atoms with van der Waals surface area (Å²) >= 11 is 12.3. The van der Waals surface area contributed by atoms with Gasteiger partial charge in [0.1, 0.15) is 11.6 Å². The molecular formula is C23H21Cl2FN2O2. The average molecular weight is 447 g/mol. The number of rotatable bonds is 4. The first-order valence-corrected chi connectivity index (χ1v) is 10.7. The monoisotopic (exact) mass is 446 g/mol. The summed E-state index contributed by atoms with van der Waals surface area (Å²) in [6, 6.07) is 9.72.